The molecule has 0 bridgehead atoms. The lowest BCUT2D eigenvalue weighted by atomic mass is 10.2. The minimum Gasteiger partial charge on any atom is -0.310 e. The Balaban J connectivity index is 2.05. The zero-order chi connectivity index (χ0) is 18.6. The Morgan fingerprint density at radius 1 is 1.28 bits per heavy atom. The van der Waals surface area contributed by atoms with E-state index in [9.17, 15) is 13.2 Å². The van der Waals surface area contributed by atoms with Gasteiger partial charge in [-0.1, -0.05) is 25.4 Å². The average molecular weight is 385 g/mol. The Kier molecular flexibility index (Phi) is 6.21. The number of nitrogens with one attached hydrogen (secondary N) is 1. The molecular weight excluding hydrogens is 364 g/mol. The third-order valence-electron chi connectivity index (χ3n) is 3.41. The standard InChI is InChI=1S/C16H21ClN4O3S/c1-12(2)10-21-15(8-9-18-21)19-16(22)11-20(3)25(23,24)14-6-4-13(17)5-7-14/h4-9,12H,10-11H2,1-3H3,(H,19,22). The summed E-state index contributed by atoms with van der Waals surface area (Å²) in [7, 11) is -2.41. The maximum atomic E-state index is 12.5. The molecule has 0 spiro atoms. The van der Waals surface area contributed by atoms with Crippen molar-refractivity contribution in [2.75, 3.05) is 18.9 Å². The van der Waals surface area contributed by atoms with Crippen LogP contribution < -0.4 is 5.32 Å². The van der Waals surface area contributed by atoms with Crippen LogP contribution in [-0.4, -0.2) is 42.0 Å². The molecule has 0 aliphatic rings. The SMILES string of the molecule is CC(C)Cn1nccc1NC(=O)CN(C)S(=O)(=O)c1ccc(Cl)cc1. The average Bonchev–Trinajstić information content (AvgIpc) is 2.93. The third kappa shape index (κ3) is 5.04. The number of carbonyl (C=O) groups excluding carboxylic acids is 1. The third-order valence-corrected chi connectivity index (χ3v) is 5.48. The highest BCUT2D eigenvalue weighted by Gasteiger charge is 2.23. The number of nitrogens with zero attached hydrogens (tertiary/aromatic N) is 3. The normalized spacial score (nSPS) is 11.9. The molecule has 0 saturated carbocycles. The highest BCUT2D eigenvalue weighted by Crippen LogP contribution is 2.17. The van der Waals surface area contributed by atoms with Gasteiger partial charge in [-0.15, -0.1) is 0 Å². The van der Waals surface area contributed by atoms with Crippen molar-refractivity contribution in [3.63, 3.8) is 0 Å². The minimum atomic E-state index is -3.77. The summed E-state index contributed by atoms with van der Waals surface area (Å²) >= 11 is 5.78. The lowest BCUT2D eigenvalue weighted by molar-refractivity contribution is -0.116. The molecule has 9 heteroatoms. The van der Waals surface area contributed by atoms with Gasteiger partial charge in [0.25, 0.3) is 0 Å². The van der Waals surface area contributed by atoms with Crippen LogP contribution in [0.3, 0.4) is 0 Å². The molecule has 0 unspecified atom stereocenters. The van der Waals surface area contributed by atoms with Gasteiger partial charge in [0.2, 0.25) is 15.9 Å². The topological polar surface area (TPSA) is 84.3 Å². The van der Waals surface area contributed by atoms with E-state index >= 15 is 0 Å². The molecule has 0 radical (unpaired) electrons. The van der Waals surface area contributed by atoms with Crippen molar-refractivity contribution in [3.8, 4) is 0 Å². The van der Waals surface area contributed by atoms with Gasteiger partial charge in [-0.05, 0) is 30.2 Å². The lowest BCUT2D eigenvalue weighted by Crippen LogP contribution is -2.35. The zero-order valence-corrected chi connectivity index (χ0v) is 15.9. The highest BCUT2D eigenvalue weighted by atomic mass is 35.5. The predicted molar refractivity (Wildman–Crippen MR) is 97.0 cm³/mol. The van der Waals surface area contributed by atoms with Crippen molar-refractivity contribution < 1.29 is 13.2 Å². The summed E-state index contributed by atoms with van der Waals surface area (Å²) in [6.07, 6.45) is 1.59. The van der Waals surface area contributed by atoms with E-state index in [4.69, 9.17) is 11.6 Å². The number of sulfonamides is 1. The van der Waals surface area contributed by atoms with Gasteiger partial charge in [0.05, 0.1) is 17.6 Å². The van der Waals surface area contributed by atoms with Gasteiger partial charge in [0, 0.05) is 24.7 Å². The minimum absolute atomic E-state index is 0.0806. The molecule has 1 heterocycles. The van der Waals surface area contributed by atoms with E-state index in [1.165, 1.54) is 31.3 Å². The van der Waals surface area contributed by atoms with Crippen molar-refractivity contribution >= 4 is 33.3 Å². The maximum absolute atomic E-state index is 12.5. The molecule has 7 nitrogen and oxygen atoms in total. The molecular formula is C16H21ClN4O3S. The van der Waals surface area contributed by atoms with E-state index in [0.29, 0.717) is 23.3 Å². The monoisotopic (exact) mass is 384 g/mol. The molecule has 0 aliphatic heterocycles. The largest absolute Gasteiger partial charge is 0.310 e. The second kappa shape index (κ2) is 7.99. The Hall–Kier alpha value is -1.90. The summed E-state index contributed by atoms with van der Waals surface area (Å²) in [6.45, 7) is 4.43. The van der Waals surface area contributed by atoms with Crippen LogP contribution in [0, 0.1) is 5.92 Å². The molecule has 0 atom stereocenters. The van der Waals surface area contributed by atoms with Crippen LogP contribution in [0.1, 0.15) is 13.8 Å². The quantitative estimate of drug-likeness (QED) is 0.794. The van der Waals surface area contributed by atoms with Crippen LogP contribution in [-0.2, 0) is 21.4 Å². The summed E-state index contributed by atoms with van der Waals surface area (Å²) in [5, 5.41) is 7.29. The Morgan fingerprint density at radius 2 is 1.92 bits per heavy atom. The number of hydrogen-bond acceptors (Lipinski definition) is 4. The Bertz CT molecular complexity index is 831. The number of hydrogen-bond donors (Lipinski definition) is 1. The summed E-state index contributed by atoms with van der Waals surface area (Å²) in [4.78, 5) is 12.3. The molecule has 2 rings (SSSR count). The fourth-order valence-corrected chi connectivity index (χ4v) is 3.44. The number of halogens is 1. The van der Waals surface area contributed by atoms with Crippen LogP contribution >= 0.6 is 11.6 Å². The van der Waals surface area contributed by atoms with Crippen molar-refractivity contribution in [1.29, 1.82) is 0 Å². The first kappa shape index (κ1) is 19.4. The van der Waals surface area contributed by atoms with Crippen LogP contribution in [0.2, 0.25) is 5.02 Å². The second-order valence-electron chi connectivity index (χ2n) is 6.06. The smallest absolute Gasteiger partial charge is 0.243 e. The van der Waals surface area contributed by atoms with Crippen LogP contribution in [0.5, 0.6) is 0 Å². The molecule has 1 aromatic heterocycles. The molecule has 25 heavy (non-hydrogen) atoms. The first-order valence-corrected chi connectivity index (χ1v) is 9.55. The molecule has 136 valence electrons. The molecule has 0 saturated heterocycles. The number of carbonyl (C=O) groups is 1. The number of anilines is 1. The number of aromatic nitrogens is 2. The van der Waals surface area contributed by atoms with Gasteiger partial charge in [-0.2, -0.15) is 9.40 Å². The number of rotatable bonds is 7. The van der Waals surface area contributed by atoms with Crippen LogP contribution in [0.15, 0.2) is 41.4 Å². The summed E-state index contributed by atoms with van der Waals surface area (Å²) in [6, 6.07) is 7.47. The van der Waals surface area contributed by atoms with Gasteiger partial charge in [-0.3, -0.25) is 4.79 Å². The number of benzene rings is 1. The predicted octanol–water partition coefficient (Wildman–Crippen LogP) is 2.45. The molecule has 1 amide bonds. The molecule has 1 aromatic carbocycles. The van der Waals surface area contributed by atoms with Crippen molar-refractivity contribution in [2.45, 2.75) is 25.3 Å². The van der Waals surface area contributed by atoms with E-state index in [1.54, 1.807) is 16.9 Å². The van der Waals surface area contributed by atoms with E-state index in [-0.39, 0.29) is 11.4 Å². The molecule has 0 aliphatic carbocycles. The summed E-state index contributed by atoms with van der Waals surface area (Å²) in [5.41, 5.74) is 0. The van der Waals surface area contributed by atoms with E-state index in [1.807, 2.05) is 13.8 Å². The Labute approximate surface area is 152 Å². The first-order chi connectivity index (χ1) is 11.7. The molecule has 2 aromatic rings. The first-order valence-electron chi connectivity index (χ1n) is 7.73. The number of amides is 1. The van der Waals surface area contributed by atoms with Gasteiger partial charge in [0.1, 0.15) is 5.82 Å². The summed E-state index contributed by atoms with van der Waals surface area (Å²) in [5.74, 6) is 0.463. The Morgan fingerprint density at radius 3 is 2.52 bits per heavy atom. The van der Waals surface area contributed by atoms with Gasteiger partial charge < -0.3 is 5.32 Å². The fourth-order valence-electron chi connectivity index (χ4n) is 2.19. The van der Waals surface area contributed by atoms with Crippen LogP contribution in [0.25, 0.3) is 0 Å². The van der Waals surface area contributed by atoms with Crippen molar-refractivity contribution in [2.24, 2.45) is 5.92 Å². The van der Waals surface area contributed by atoms with Crippen LogP contribution in [0.4, 0.5) is 5.82 Å². The number of likely N-dealkylation sites (N-methyl/N-ethyl adjacent to an activating group) is 1. The second-order valence-corrected chi connectivity index (χ2v) is 8.54. The summed E-state index contributed by atoms with van der Waals surface area (Å²) < 4.78 is 27.6. The van der Waals surface area contributed by atoms with Crippen molar-refractivity contribution in [1.82, 2.24) is 14.1 Å². The van der Waals surface area contributed by atoms with Gasteiger partial charge in [0.15, 0.2) is 0 Å². The van der Waals surface area contributed by atoms with E-state index in [0.717, 1.165) is 4.31 Å². The lowest BCUT2D eigenvalue weighted by Gasteiger charge is -2.17. The maximum Gasteiger partial charge on any atom is 0.243 e. The molecule has 0 fully saturated rings. The zero-order valence-electron chi connectivity index (χ0n) is 14.3. The molecule has 1 N–H and O–H groups in total. The van der Waals surface area contributed by atoms with Crippen molar-refractivity contribution in [3.05, 3.63) is 41.6 Å². The van der Waals surface area contributed by atoms with E-state index < -0.39 is 15.9 Å². The fraction of sp³-hybridized carbons (Fsp3) is 0.375. The van der Waals surface area contributed by atoms with Gasteiger partial charge >= 0.3 is 0 Å². The van der Waals surface area contributed by atoms with E-state index in [2.05, 4.69) is 10.4 Å². The van der Waals surface area contributed by atoms with Gasteiger partial charge in [-0.25, -0.2) is 13.1 Å². The highest BCUT2D eigenvalue weighted by molar-refractivity contribution is 7.89.